The van der Waals surface area contributed by atoms with Gasteiger partial charge in [-0.1, -0.05) is 30.4 Å². The van der Waals surface area contributed by atoms with E-state index in [1.54, 1.807) is 6.21 Å². The first-order chi connectivity index (χ1) is 13.0. The second-order valence-electron chi connectivity index (χ2n) is 6.79. The number of nitrogens with zero attached hydrogens (tertiary/aromatic N) is 2. The van der Waals surface area contributed by atoms with Crippen LogP contribution < -0.4 is 11.1 Å². The molecular formula is C21H30N4O2. The lowest BCUT2D eigenvalue weighted by molar-refractivity contribution is -0.120. The van der Waals surface area contributed by atoms with Gasteiger partial charge in [0, 0.05) is 32.1 Å². The summed E-state index contributed by atoms with van der Waals surface area (Å²) in [5.74, 6) is -0.854. The van der Waals surface area contributed by atoms with Crippen molar-refractivity contribution in [1.82, 2.24) is 10.3 Å². The molecule has 0 bridgehead atoms. The maximum atomic E-state index is 11.7. The average Bonchev–Trinajstić information content (AvgIpc) is 3.03. The molecule has 2 aliphatic rings. The fraction of sp³-hybridized carbons (Fsp3) is 0.429. The monoisotopic (exact) mass is 370 g/mol. The lowest BCUT2D eigenvalue weighted by atomic mass is 9.91. The molecule has 0 spiro atoms. The SMILES string of the molecule is C\C=C/C(=C\C=C\C1C(C(N)=O)C=NN1CCCO)C1=C(C)CNC=C1C. The number of hydrazone groups is 1. The quantitative estimate of drug-likeness (QED) is 0.570. The minimum atomic E-state index is -0.458. The molecule has 0 aromatic rings. The van der Waals surface area contributed by atoms with Gasteiger partial charge in [0.1, 0.15) is 5.92 Å². The maximum absolute atomic E-state index is 11.7. The van der Waals surface area contributed by atoms with E-state index >= 15 is 0 Å². The minimum absolute atomic E-state index is 0.0854. The summed E-state index contributed by atoms with van der Waals surface area (Å²) >= 11 is 0. The van der Waals surface area contributed by atoms with E-state index in [1.807, 2.05) is 36.4 Å². The minimum Gasteiger partial charge on any atom is -0.396 e. The normalized spacial score (nSPS) is 23.5. The van der Waals surface area contributed by atoms with Crippen LogP contribution in [-0.4, -0.2) is 48.0 Å². The summed E-state index contributed by atoms with van der Waals surface area (Å²) in [7, 11) is 0. The number of amides is 1. The fourth-order valence-corrected chi connectivity index (χ4v) is 3.41. The summed E-state index contributed by atoms with van der Waals surface area (Å²) in [6, 6.07) is -0.225. The number of carbonyl (C=O) groups excluding carboxylic acids is 1. The number of carbonyl (C=O) groups is 1. The third-order valence-electron chi connectivity index (χ3n) is 4.69. The third kappa shape index (κ3) is 5.20. The van der Waals surface area contributed by atoms with Crippen LogP contribution in [0.1, 0.15) is 27.2 Å². The molecule has 1 amide bonds. The fourth-order valence-electron chi connectivity index (χ4n) is 3.41. The molecule has 146 valence electrons. The van der Waals surface area contributed by atoms with E-state index in [2.05, 4.69) is 36.4 Å². The Balaban J connectivity index is 2.26. The lowest BCUT2D eigenvalue weighted by Crippen LogP contribution is -2.38. The van der Waals surface area contributed by atoms with Gasteiger partial charge in [-0.05, 0) is 49.5 Å². The number of allylic oxidation sites excluding steroid dienone is 7. The molecule has 0 saturated carbocycles. The van der Waals surface area contributed by atoms with E-state index in [0.717, 1.165) is 12.1 Å². The van der Waals surface area contributed by atoms with Crippen LogP contribution in [0.4, 0.5) is 0 Å². The van der Waals surface area contributed by atoms with Crippen molar-refractivity contribution in [2.24, 2.45) is 16.8 Å². The molecular weight excluding hydrogens is 340 g/mol. The molecule has 0 fully saturated rings. The van der Waals surface area contributed by atoms with Crippen LogP contribution in [0.5, 0.6) is 0 Å². The zero-order valence-corrected chi connectivity index (χ0v) is 16.4. The van der Waals surface area contributed by atoms with Gasteiger partial charge in [0.2, 0.25) is 5.91 Å². The molecule has 2 unspecified atom stereocenters. The van der Waals surface area contributed by atoms with Crippen molar-refractivity contribution in [2.75, 3.05) is 19.7 Å². The molecule has 0 aliphatic carbocycles. The van der Waals surface area contributed by atoms with Crippen LogP contribution in [0, 0.1) is 5.92 Å². The van der Waals surface area contributed by atoms with Crippen molar-refractivity contribution in [2.45, 2.75) is 33.2 Å². The summed E-state index contributed by atoms with van der Waals surface area (Å²) in [4.78, 5) is 11.7. The van der Waals surface area contributed by atoms with Crippen molar-refractivity contribution >= 4 is 12.1 Å². The van der Waals surface area contributed by atoms with Gasteiger partial charge in [-0.2, -0.15) is 5.10 Å². The second-order valence-corrected chi connectivity index (χ2v) is 6.79. The Kier molecular flexibility index (Phi) is 7.61. The molecule has 27 heavy (non-hydrogen) atoms. The Morgan fingerprint density at radius 1 is 1.48 bits per heavy atom. The van der Waals surface area contributed by atoms with Crippen molar-refractivity contribution in [3.05, 3.63) is 58.9 Å². The van der Waals surface area contributed by atoms with Gasteiger partial charge in [0.05, 0.1) is 6.04 Å². The summed E-state index contributed by atoms with van der Waals surface area (Å²) in [6.45, 7) is 7.72. The number of nitrogens with two attached hydrogens (primary N) is 1. The largest absolute Gasteiger partial charge is 0.396 e. The van der Waals surface area contributed by atoms with E-state index in [4.69, 9.17) is 10.8 Å². The standard InChI is InChI=1S/C21H30N4O2/c1-4-7-17(20-15(2)12-23-13-16(20)3)8-5-9-19-18(21(22)27)14-24-25(19)10-6-11-26/h4-5,7-9,12,14,18-19,23,26H,6,10-11,13H2,1-3H3,(H2,22,27)/b7-4-,9-5+,17-8+. The topological polar surface area (TPSA) is 91.0 Å². The number of rotatable bonds is 8. The van der Waals surface area contributed by atoms with Crippen LogP contribution in [0.3, 0.4) is 0 Å². The Morgan fingerprint density at radius 3 is 2.89 bits per heavy atom. The van der Waals surface area contributed by atoms with Gasteiger partial charge >= 0.3 is 0 Å². The van der Waals surface area contributed by atoms with Gasteiger partial charge in [-0.3, -0.25) is 9.80 Å². The van der Waals surface area contributed by atoms with Crippen molar-refractivity contribution in [1.29, 1.82) is 0 Å². The van der Waals surface area contributed by atoms with Crippen LogP contribution in [0.15, 0.2) is 64.0 Å². The summed E-state index contributed by atoms with van der Waals surface area (Å²) in [5, 5.41) is 18.4. The van der Waals surface area contributed by atoms with E-state index in [1.165, 1.54) is 16.7 Å². The third-order valence-corrected chi connectivity index (χ3v) is 4.69. The molecule has 2 heterocycles. The average molecular weight is 370 g/mol. The molecule has 2 rings (SSSR count). The van der Waals surface area contributed by atoms with Crippen LogP contribution in [0.25, 0.3) is 0 Å². The molecule has 2 aliphatic heterocycles. The van der Waals surface area contributed by atoms with Crippen LogP contribution >= 0.6 is 0 Å². The Labute approximate surface area is 161 Å². The van der Waals surface area contributed by atoms with Crippen molar-refractivity contribution in [3.63, 3.8) is 0 Å². The maximum Gasteiger partial charge on any atom is 0.228 e. The van der Waals surface area contributed by atoms with E-state index in [-0.39, 0.29) is 12.6 Å². The highest BCUT2D eigenvalue weighted by molar-refractivity contribution is 5.94. The predicted octanol–water partition coefficient (Wildman–Crippen LogP) is 2.02. The number of primary amides is 1. The zero-order valence-electron chi connectivity index (χ0n) is 16.4. The van der Waals surface area contributed by atoms with Gasteiger partial charge in [-0.25, -0.2) is 0 Å². The van der Waals surface area contributed by atoms with Gasteiger partial charge in [0.25, 0.3) is 0 Å². The Bertz CT molecular complexity index is 728. The number of dihydropyridines is 1. The van der Waals surface area contributed by atoms with E-state index in [9.17, 15) is 4.79 Å². The highest BCUT2D eigenvalue weighted by Crippen LogP contribution is 2.26. The first-order valence-corrected chi connectivity index (χ1v) is 9.32. The number of aliphatic hydroxyl groups is 1. The summed E-state index contributed by atoms with van der Waals surface area (Å²) in [5.41, 5.74) is 10.4. The van der Waals surface area contributed by atoms with Crippen LogP contribution in [-0.2, 0) is 4.79 Å². The van der Waals surface area contributed by atoms with Crippen molar-refractivity contribution in [3.8, 4) is 0 Å². The molecule has 0 radical (unpaired) electrons. The molecule has 6 heteroatoms. The number of hydrogen-bond acceptors (Lipinski definition) is 5. The molecule has 0 aromatic carbocycles. The lowest BCUT2D eigenvalue weighted by Gasteiger charge is -2.23. The van der Waals surface area contributed by atoms with E-state index in [0.29, 0.717) is 13.0 Å². The van der Waals surface area contributed by atoms with Gasteiger partial charge in [-0.15, -0.1) is 0 Å². The number of hydrogen-bond donors (Lipinski definition) is 3. The zero-order chi connectivity index (χ0) is 19.8. The van der Waals surface area contributed by atoms with Crippen molar-refractivity contribution < 1.29 is 9.90 Å². The number of nitrogens with one attached hydrogen (secondary N) is 1. The summed E-state index contributed by atoms with van der Waals surface area (Å²) < 4.78 is 0. The van der Waals surface area contributed by atoms with Crippen LogP contribution in [0.2, 0.25) is 0 Å². The highest BCUT2D eigenvalue weighted by Gasteiger charge is 2.32. The molecule has 6 nitrogen and oxygen atoms in total. The molecule has 4 N–H and O–H groups in total. The Hall–Kier alpha value is -2.60. The number of aliphatic hydroxyl groups excluding tert-OH is 1. The molecule has 2 atom stereocenters. The smallest absolute Gasteiger partial charge is 0.228 e. The van der Waals surface area contributed by atoms with E-state index < -0.39 is 11.8 Å². The molecule has 0 saturated heterocycles. The van der Waals surface area contributed by atoms with Gasteiger partial charge in [0.15, 0.2) is 0 Å². The molecule has 0 aromatic heterocycles. The first-order valence-electron chi connectivity index (χ1n) is 9.32. The second kappa shape index (κ2) is 9.92. The Morgan fingerprint density at radius 2 is 2.26 bits per heavy atom. The first kappa shape index (κ1) is 20.7. The van der Waals surface area contributed by atoms with Gasteiger partial charge < -0.3 is 16.2 Å². The predicted molar refractivity (Wildman–Crippen MR) is 110 cm³/mol. The summed E-state index contributed by atoms with van der Waals surface area (Å²) in [6.07, 6.45) is 14.3. The highest BCUT2D eigenvalue weighted by atomic mass is 16.3.